The van der Waals surface area contributed by atoms with Gasteiger partial charge in [0.05, 0.1) is 14.2 Å². The summed E-state index contributed by atoms with van der Waals surface area (Å²) in [7, 11) is 3.52. The molecule has 0 radical (unpaired) electrons. The van der Waals surface area contributed by atoms with Gasteiger partial charge in [-0.15, -0.1) is 0 Å². The average molecular weight is 261 g/mol. The molecule has 0 unspecified atom stereocenters. The number of methoxy groups -OCH3 is 2. The first-order valence-electron chi connectivity index (χ1n) is 7.25. The molecule has 0 heterocycles. The minimum absolute atomic E-state index is 0.226. The molecule has 1 aromatic rings. The topological polar surface area (TPSA) is 44.5 Å². The lowest BCUT2D eigenvalue weighted by Gasteiger charge is -2.28. The molecule has 2 aliphatic carbocycles. The van der Waals surface area contributed by atoms with Gasteiger partial charge in [-0.05, 0) is 38.2 Å². The van der Waals surface area contributed by atoms with Gasteiger partial charge in [0.1, 0.15) is 11.5 Å². The summed E-state index contributed by atoms with van der Waals surface area (Å²) in [6.45, 7) is 0. The van der Waals surface area contributed by atoms with Crippen LogP contribution in [0.5, 0.6) is 11.5 Å². The van der Waals surface area contributed by atoms with Crippen molar-refractivity contribution in [2.75, 3.05) is 14.2 Å². The molecule has 0 atom stereocenters. The summed E-state index contributed by atoms with van der Waals surface area (Å²) in [5, 5.41) is 0. The van der Waals surface area contributed by atoms with E-state index in [2.05, 4.69) is 6.07 Å². The maximum absolute atomic E-state index is 6.64. The van der Waals surface area contributed by atoms with E-state index in [1.54, 1.807) is 14.2 Å². The summed E-state index contributed by atoms with van der Waals surface area (Å²) in [5.41, 5.74) is 10.2. The summed E-state index contributed by atoms with van der Waals surface area (Å²) in [5.74, 6) is 2.03. The number of nitrogens with two attached hydrogens (primary N) is 1. The Kier molecular flexibility index (Phi) is 3.17. The number of rotatable bonds is 3. The predicted octanol–water partition coefficient (Wildman–Crippen LogP) is 2.92. The zero-order valence-corrected chi connectivity index (χ0v) is 11.9. The van der Waals surface area contributed by atoms with E-state index in [1.165, 1.54) is 30.4 Å². The molecule has 0 saturated heterocycles. The van der Waals surface area contributed by atoms with Crippen molar-refractivity contribution in [1.29, 1.82) is 0 Å². The molecule has 0 aromatic heterocycles. The lowest BCUT2D eigenvalue weighted by Crippen LogP contribution is -2.34. The van der Waals surface area contributed by atoms with E-state index in [0.717, 1.165) is 42.7 Å². The van der Waals surface area contributed by atoms with E-state index >= 15 is 0 Å². The van der Waals surface area contributed by atoms with Crippen LogP contribution in [0.15, 0.2) is 6.07 Å². The van der Waals surface area contributed by atoms with Crippen molar-refractivity contribution < 1.29 is 9.47 Å². The molecule has 1 aromatic carbocycles. The van der Waals surface area contributed by atoms with Crippen LogP contribution in [0.4, 0.5) is 0 Å². The molecule has 104 valence electrons. The maximum Gasteiger partial charge on any atom is 0.127 e. The summed E-state index contributed by atoms with van der Waals surface area (Å²) in [4.78, 5) is 0. The molecule has 3 nitrogen and oxygen atoms in total. The van der Waals surface area contributed by atoms with Gasteiger partial charge in [-0.1, -0.05) is 12.8 Å². The molecular formula is C16H23NO2. The van der Waals surface area contributed by atoms with Crippen LogP contribution >= 0.6 is 0 Å². The van der Waals surface area contributed by atoms with E-state index in [1.807, 2.05) is 0 Å². The van der Waals surface area contributed by atoms with Crippen LogP contribution in [0.3, 0.4) is 0 Å². The Morgan fingerprint density at radius 2 is 1.68 bits per heavy atom. The van der Waals surface area contributed by atoms with E-state index in [0.29, 0.717) is 0 Å². The average Bonchev–Trinajstić information content (AvgIpc) is 3.06. The Morgan fingerprint density at radius 3 is 2.32 bits per heavy atom. The van der Waals surface area contributed by atoms with Crippen molar-refractivity contribution in [3.8, 4) is 11.5 Å². The second-order valence-electron chi connectivity index (χ2n) is 5.83. The van der Waals surface area contributed by atoms with Crippen molar-refractivity contribution in [1.82, 2.24) is 0 Å². The van der Waals surface area contributed by atoms with E-state index in [4.69, 9.17) is 15.2 Å². The normalized spacial score (nSPS) is 20.4. The minimum Gasteiger partial charge on any atom is -0.496 e. The second kappa shape index (κ2) is 4.71. The predicted molar refractivity (Wildman–Crippen MR) is 75.9 cm³/mol. The lowest BCUT2D eigenvalue weighted by atomic mass is 9.86. The molecule has 0 aliphatic heterocycles. The largest absolute Gasteiger partial charge is 0.496 e. The Bertz CT molecular complexity index is 490. The first-order valence-corrected chi connectivity index (χ1v) is 7.25. The SMILES string of the molecule is COc1cc(C2(N)CCCC2)c(OC)c2c1CCC2. The molecule has 1 fully saturated rings. The van der Waals surface area contributed by atoms with E-state index < -0.39 is 0 Å². The number of ether oxygens (including phenoxy) is 2. The number of hydrogen-bond acceptors (Lipinski definition) is 3. The number of benzene rings is 1. The summed E-state index contributed by atoms with van der Waals surface area (Å²) in [6, 6.07) is 2.13. The third-order valence-electron chi connectivity index (χ3n) is 4.77. The van der Waals surface area contributed by atoms with Crippen molar-refractivity contribution in [2.24, 2.45) is 5.73 Å². The van der Waals surface area contributed by atoms with Crippen LogP contribution in [0.25, 0.3) is 0 Å². The lowest BCUT2D eigenvalue weighted by molar-refractivity contribution is 0.367. The van der Waals surface area contributed by atoms with Crippen LogP contribution in [0.1, 0.15) is 48.8 Å². The molecule has 0 spiro atoms. The highest BCUT2D eigenvalue weighted by atomic mass is 16.5. The highest BCUT2D eigenvalue weighted by Crippen LogP contribution is 2.47. The first-order chi connectivity index (χ1) is 9.19. The summed E-state index contributed by atoms with van der Waals surface area (Å²) in [6.07, 6.45) is 7.86. The van der Waals surface area contributed by atoms with Gasteiger partial charge in [0.15, 0.2) is 0 Å². The fourth-order valence-corrected chi connectivity index (χ4v) is 3.77. The Hall–Kier alpha value is -1.22. The third-order valence-corrected chi connectivity index (χ3v) is 4.77. The quantitative estimate of drug-likeness (QED) is 0.910. The monoisotopic (exact) mass is 261 g/mol. The van der Waals surface area contributed by atoms with Gasteiger partial charge in [0.25, 0.3) is 0 Å². The molecule has 2 N–H and O–H groups in total. The van der Waals surface area contributed by atoms with E-state index in [9.17, 15) is 0 Å². The highest BCUT2D eigenvalue weighted by Gasteiger charge is 2.36. The van der Waals surface area contributed by atoms with Crippen LogP contribution < -0.4 is 15.2 Å². The van der Waals surface area contributed by atoms with Gasteiger partial charge in [-0.25, -0.2) is 0 Å². The zero-order chi connectivity index (χ0) is 13.5. The van der Waals surface area contributed by atoms with Gasteiger partial charge >= 0.3 is 0 Å². The molecule has 0 bridgehead atoms. The molecule has 3 rings (SSSR count). The third kappa shape index (κ3) is 1.91. The molecular weight excluding hydrogens is 238 g/mol. The van der Waals surface area contributed by atoms with Crippen molar-refractivity contribution in [3.05, 3.63) is 22.8 Å². The first kappa shape index (κ1) is 12.8. The maximum atomic E-state index is 6.64. The standard InChI is InChI=1S/C16H23NO2/c1-18-14-10-13(16(17)8-3-4-9-16)15(19-2)12-7-5-6-11(12)14/h10H,3-9,17H2,1-2H3. The van der Waals surface area contributed by atoms with Crippen LogP contribution in [-0.4, -0.2) is 14.2 Å². The Labute approximate surface area is 115 Å². The number of fused-ring (bicyclic) bond motifs is 1. The van der Waals surface area contributed by atoms with Crippen molar-refractivity contribution in [2.45, 2.75) is 50.5 Å². The molecule has 3 heteroatoms. The molecule has 0 amide bonds. The van der Waals surface area contributed by atoms with Crippen molar-refractivity contribution >= 4 is 0 Å². The van der Waals surface area contributed by atoms with Gasteiger partial charge in [0, 0.05) is 22.2 Å². The van der Waals surface area contributed by atoms with Crippen molar-refractivity contribution in [3.63, 3.8) is 0 Å². The number of hydrogen-bond donors (Lipinski definition) is 1. The molecule has 1 saturated carbocycles. The van der Waals surface area contributed by atoms with Gasteiger partial charge < -0.3 is 15.2 Å². The second-order valence-corrected chi connectivity index (χ2v) is 5.83. The Morgan fingerprint density at radius 1 is 1.00 bits per heavy atom. The molecule has 19 heavy (non-hydrogen) atoms. The fourth-order valence-electron chi connectivity index (χ4n) is 3.77. The Balaban J connectivity index is 2.18. The van der Waals surface area contributed by atoms with E-state index in [-0.39, 0.29) is 5.54 Å². The van der Waals surface area contributed by atoms with Crippen LogP contribution in [-0.2, 0) is 18.4 Å². The molecule has 2 aliphatic rings. The van der Waals surface area contributed by atoms with Crippen LogP contribution in [0.2, 0.25) is 0 Å². The summed E-state index contributed by atoms with van der Waals surface area (Å²) >= 11 is 0. The summed E-state index contributed by atoms with van der Waals surface area (Å²) < 4.78 is 11.3. The fraction of sp³-hybridized carbons (Fsp3) is 0.625. The minimum atomic E-state index is -0.226. The zero-order valence-electron chi connectivity index (χ0n) is 11.9. The van der Waals surface area contributed by atoms with Gasteiger partial charge in [0.2, 0.25) is 0 Å². The highest BCUT2D eigenvalue weighted by molar-refractivity contribution is 5.58. The van der Waals surface area contributed by atoms with Gasteiger partial charge in [-0.3, -0.25) is 0 Å². The van der Waals surface area contributed by atoms with Gasteiger partial charge in [-0.2, -0.15) is 0 Å². The smallest absolute Gasteiger partial charge is 0.127 e. The van der Waals surface area contributed by atoms with Crippen LogP contribution in [0, 0.1) is 0 Å².